The van der Waals surface area contributed by atoms with Gasteiger partial charge in [0.05, 0.1) is 25.0 Å². The topological polar surface area (TPSA) is 103 Å². The highest BCUT2D eigenvalue weighted by Gasteiger charge is 2.34. The Hall–Kier alpha value is -3.67. The van der Waals surface area contributed by atoms with Crippen LogP contribution in [0.5, 0.6) is 11.6 Å². The molecule has 1 amide bonds. The zero-order valence-electron chi connectivity index (χ0n) is 22.2. The zero-order chi connectivity index (χ0) is 29.0. The Bertz CT molecular complexity index is 1340. The third-order valence-corrected chi connectivity index (χ3v) is 6.95. The fraction of sp³-hybridized carbons (Fsp3) is 0.370. The van der Waals surface area contributed by atoms with Crippen LogP contribution in [0.2, 0.25) is 0 Å². The molecule has 2 N–H and O–H groups in total. The minimum Gasteiger partial charge on any atom is -0.496 e. The van der Waals surface area contributed by atoms with Crippen molar-refractivity contribution in [2.45, 2.75) is 56.4 Å². The van der Waals surface area contributed by atoms with E-state index in [1.807, 2.05) is 6.92 Å². The summed E-state index contributed by atoms with van der Waals surface area (Å²) in [6.07, 6.45) is -2.94. The number of nitrogens with one attached hydrogen (secondary N) is 1. The number of carboxylic acids is 1. The number of hydrogen-bond acceptors (Lipinski definition) is 6. The van der Waals surface area contributed by atoms with Gasteiger partial charge in [-0.1, -0.05) is 13.3 Å². The SMILES string of the molecule is CCCCOc1c(C)c(C(=O)Nc2ccc(C(F)(F)F)c(OC)c2)nn1-c1ccc(SC(C)(C)C(=O)O)cc1. The highest BCUT2D eigenvalue weighted by Crippen LogP contribution is 2.38. The Labute approximate surface area is 228 Å². The molecule has 0 aliphatic rings. The first-order chi connectivity index (χ1) is 18.3. The van der Waals surface area contributed by atoms with Gasteiger partial charge in [0.15, 0.2) is 5.69 Å². The average molecular weight is 566 g/mol. The second kappa shape index (κ2) is 12.0. The van der Waals surface area contributed by atoms with Crippen LogP contribution in [0.15, 0.2) is 47.4 Å². The number of carbonyl (C=O) groups excluding carboxylic acids is 1. The number of alkyl halides is 3. The number of rotatable bonds is 11. The largest absolute Gasteiger partial charge is 0.496 e. The highest BCUT2D eigenvalue weighted by atomic mass is 32.2. The standard InChI is InChI=1S/C27H30F3N3O5S/c1-6-7-14-38-24-16(2)22(23(34)31-17-8-13-20(27(28,29)30)21(15-17)37-5)32-33(24)18-9-11-19(12-10-18)39-26(3,4)25(35)36/h8-13,15H,6-7,14H2,1-5H3,(H,31,34)(H,35,36). The molecule has 0 saturated carbocycles. The molecular formula is C27H30F3N3O5S. The summed E-state index contributed by atoms with van der Waals surface area (Å²) in [4.78, 5) is 25.4. The number of benzene rings is 2. The summed E-state index contributed by atoms with van der Waals surface area (Å²) >= 11 is 1.19. The summed E-state index contributed by atoms with van der Waals surface area (Å²) in [5.74, 6) is -1.64. The molecule has 0 saturated heterocycles. The van der Waals surface area contributed by atoms with Crippen LogP contribution < -0.4 is 14.8 Å². The number of aromatic nitrogens is 2. The van der Waals surface area contributed by atoms with E-state index in [2.05, 4.69) is 10.4 Å². The van der Waals surface area contributed by atoms with Crippen molar-refractivity contribution in [2.24, 2.45) is 0 Å². The molecule has 0 spiro atoms. The van der Waals surface area contributed by atoms with Gasteiger partial charge < -0.3 is 19.9 Å². The molecule has 1 heterocycles. The average Bonchev–Trinajstić information content (AvgIpc) is 3.19. The number of halogens is 3. The van der Waals surface area contributed by atoms with Gasteiger partial charge in [-0.15, -0.1) is 11.8 Å². The lowest BCUT2D eigenvalue weighted by Crippen LogP contribution is -2.26. The van der Waals surface area contributed by atoms with E-state index in [-0.39, 0.29) is 11.4 Å². The van der Waals surface area contributed by atoms with Gasteiger partial charge in [0.1, 0.15) is 10.5 Å². The number of hydrogen-bond donors (Lipinski definition) is 2. The second-order valence-electron chi connectivity index (χ2n) is 9.17. The van der Waals surface area contributed by atoms with Crippen LogP contribution in [-0.2, 0) is 11.0 Å². The van der Waals surface area contributed by atoms with Crippen molar-refractivity contribution in [3.05, 3.63) is 59.3 Å². The Balaban J connectivity index is 1.93. The van der Waals surface area contributed by atoms with Gasteiger partial charge >= 0.3 is 12.1 Å². The molecule has 39 heavy (non-hydrogen) atoms. The Kier molecular flexibility index (Phi) is 9.21. The lowest BCUT2D eigenvalue weighted by molar-refractivity contribution is -0.139. The van der Waals surface area contributed by atoms with E-state index in [4.69, 9.17) is 9.47 Å². The number of carboxylic acid groups (broad SMARTS) is 1. The minimum atomic E-state index is -4.61. The molecule has 3 rings (SSSR count). The fourth-order valence-electron chi connectivity index (χ4n) is 3.54. The Morgan fingerprint density at radius 1 is 1.13 bits per heavy atom. The van der Waals surface area contributed by atoms with Crippen LogP contribution >= 0.6 is 11.8 Å². The number of aliphatic carboxylic acids is 1. The van der Waals surface area contributed by atoms with Crippen LogP contribution in [0.1, 0.15) is 55.2 Å². The fourth-order valence-corrected chi connectivity index (χ4v) is 4.49. The molecule has 8 nitrogen and oxygen atoms in total. The van der Waals surface area contributed by atoms with Gasteiger partial charge in [0.25, 0.3) is 5.91 Å². The number of unbranched alkanes of at least 4 members (excludes halogenated alkanes) is 1. The normalized spacial score (nSPS) is 11.8. The number of carbonyl (C=O) groups is 2. The van der Waals surface area contributed by atoms with Gasteiger partial charge in [-0.25, -0.2) is 4.68 Å². The van der Waals surface area contributed by atoms with Crippen molar-refractivity contribution in [1.29, 1.82) is 0 Å². The van der Waals surface area contributed by atoms with Crippen molar-refractivity contribution in [3.63, 3.8) is 0 Å². The van der Waals surface area contributed by atoms with E-state index < -0.39 is 34.1 Å². The first kappa shape index (κ1) is 29.9. The quantitative estimate of drug-likeness (QED) is 0.200. The molecule has 0 unspecified atom stereocenters. The third-order valence-electron chi connectivity index (χ3n) is 5.75. The summed E-state index contributed by atoms with van der Waals surface area (Å²) in [6, 6.07) is 10.1. The van der Waals surface area contributed by atoms with Crippen LogP contribution in [-0.4, -0.2) is 45.2 Å². The summed E-state index contributed by atoms with van der Waals surface area (Å²) in [6.45, 7) is 7.30. The van der Waals surface area contributed by atoms with Crippen molar-refractivity contribution >= 4 is 29.3 Å². The first-order valence-electron chi connectivity index (χ1n) is 12.1. The summed E-state index contributed by atoms with van der Waals surface area (Å²) in [7, 11) is 1.12. The molecule has 210 valence electrons. The summed E-state index contributed by atoms with van der Waals surface area (Å²) in [5, 5.41) is 16.4. The second-order valence-corrected chi connectivity index (χ2v) is 10.9. The van der Waals surface area contributed by atoms with Crippen LogP contribution in [0.25, 0.3) is 5.69 Å². The number of ether oxygens (including phenoxy) is 2. The van der Waals surface area contributed by atoms with Gasteiger partial charge in [0.2, 0.25) is 5.88 Å². The van der Waals surface area contributed by atoms with Gasteiger partial charge in [-0.2, -0.15) is 18.3 Å². The maximum absolute atomic E-state index is 13.2. The van der Waals surface area contributed by atoms with Gasteiger partial charge in [-0.3, -0.25) is 9.59 Å². The molecular weight excluding hydrogens is 535 g/mol. The van der Waals surface area contributed by atoms with E-state index in [1.54, 1.807) is 45.0 Å². The maximum Gasteiger partial charge on any atom is 0.419 e. The third kappa shape index (κ3) is 7.05. The van der Waals surface area contributed by atoms with Crippen molar-refractivity contribution < 1.29 is 37.3 Å². The summed E-state index contributed by atoms with van der Waals surface area (Å²) in [5.41, 5.74) is 0.217. The molecule has 12 heteroatoms. The van der Waals surface area contributed by atoms with Crippen LogP contribution in [0, 0.1) is 6.92 Å². The first-order valence-corrected chi connectivity index (χ1v) is 12.9. The predicted octanol–water partition coefficient (Wildman–Crippen LogP) is 6.59. The predicted molar refractivity (Wildman–Crippen MR) is 142 cm³/mol. The molecule has 2 aromatic carbocycles. The number of amides is 1. The zero-order valence-corrected chi connectivity index (χ0v) is 23.0. The minimum absolute atomic E-state index is 0.0332. The molecule has 3 aromatic rings. The van der Waals surface area contributed by atoms with E-state index in [0.29, 0.717) is 23.7 Å². The highest BCUT2D eigenvalue weighted by molar-refractivity contribution is 8.01. The number of thioether (sulfide) groups is 1. The van der Waals surface area contributed by atoms with Crippen molar-refractivity contribution in [1.82, 2.24) is 9.78 Å². The van der Waals surface area contributed by atoms with Crippen molar-refractivity contribution in [2.75, 3.05) is 19.0 Å². The van der Waals surface area contributed by atoms with E-state index in [1.165, 1.54) is 16.4 Å². The van der Waals surface area contributed by atoms with E-state index in [0.717, 1.165) is 43.0 Å². The van der Waals surface area contributed by atoms with Gasteiger partial charge in [-0.05, 0) is 63.6 Å². The molecule has 1 aromatic heterocycles. The lowest BCUT2D eigenvalue weighted by atomic mass is 10.1. The number of anilines is 1. The van der Waals surface area contributed by atoms with E-state index in [9.17, 15) is 27.9 Å². The summed E-state index contributed by atoms with van der Waals surface area (Å²) < 4.78 is 50.9. The Morgan fingerprint density at radius 2 is 1.79 bits per heavy atom. The van der Waals surface area contributed by atoms with Gasteiger partial charge in [0, 0.05) is 22.2 Å². The molecule has 0 aliphatic heterocycles. The Morgan fingerprint density at radius 3 is 2.36 bits per heavy atom. The smallest absolute Gasteiger partial charge is 0.419 e. The van der Waals surface area contributed by atoms with Crippen molar-refractivity contribution in [3.8, 4) is 17.3 Å². The van der Waals surface area contributed by atoms with Crippen LogP contribution in [0.3, 0.4) is 0 Å². The van der Waals surface area contributed by atoms with E-state index >= 15 is 0 Å². The number of nitrogens with zero attached hydrogens (tertiary/aromatic N) is 2. The molecule has 0 atom stereocenters. The maximum atomic E-state index is 13.2. The number of methoxy groups -OCH3 is 1. The molecule has 0 radical (unpaired) electrons. The molecule has 0 aliphatic carbocycles. The van der Waals surface area contributed by atoms with Crippen LogP contribution in [0.4, 0.5) is 18.9 Å². The molecule has 0 bridgehead atoms. The lowest BCUT2D eigenvalue weighted by Gasteiger charge is -2.18. The monoisotopic (exact) mass is 565 g/mol. The molecule has 0 fully saturated rings.